The van der Waals surface area contributed by atoms with E-state index in [-0.39, 0.29) is 30.4 Å². The van der Waals surface area contributed by atoms with Gasteiger partial charge in [-0.1, -0.05) is 0 Å². The summed E-state index contributed by atoms with van der Waals surface area (Å²) < 4.78 is 6.68. The summed E-state index contributed by atoms with van der Waals surface area (Å²) in [7, 11) is 0. The molecule has 0 unspecified atom stereocenters. The molecule has 0 fully saturated rings. The first-order valence-corrected chi connectivity index (χ1v) is 4.92. The fraction of sp³-hybridized carbons (Fsp3) is 0.500. The van der Waals surface area contributed by atoms with Crippen molar-refractivity contribution < 1.29 is 14.9 Å². The Morgan fingerprint density at radius 1 is 1.56 bits per heavy atom. The molecule has 8 heteroatoms. The first-order chi connectivity index (χ1) is 7.58. The van der Waals surface area contributed by atoms with E-state index in [1.165, 1.54) is 10.8 Å². The van der Waals surface area contributed by atoms with Crippen LogP contribution in [0.3, 0.4) is 0 Å². The number of nitrogens with one attached hydrogen (secondary N) is 1. The second-order valence-corrected chi connectivity index (χ2v) is 3.48. The average Bonchev–Trinajstić information content (AvgIpc) is 2.26. The molecule has 0 saturated heterocycles. The summed E-state index contributed by atoms with van der Waals surface area (Å²) in [6, 6.07) is 0. The van der Waals surface area contributed by atoms with Crippen LogP contribution in [0.25, 0.3) is 0 Å². The Bertz CT molecular complexity index is 451. The number of aliphatic hydroxyl groups is 2. The summed E-state index contributed by atoms with van der Waals surface area (Å²) in [5.74, 6) is 0. The maximum Gasteiger partial charge on any atom is 0.274 e. The van der Waals surface area contributed by atoms with E-state index in [4.69, 9.17) is 32.9 Å². The van der Waals surface area contributed by atoms with Crippen LogP contribution in [-0.4, -0.2) is 39.1 Å². The van der Waals surface area contributed by atoms with Crippen LogP contribution < -0.4 is 11.3 Å². The summed E-state index contributed by atoms with van der Waals surface area (Å²) in [5.41, 5.74) is 4.95. The monoisotopic (exact) mass is 247 g/mol. The van der Waals surface area contributed by atoms with Crippen LogP contribution in [0.4, 0.5) is 5.69 Å². The maximum atomic E-state index is 11.1. The number of nitrogens with two attached hydrogens (primary N) is 1. The summed E-state index contributed by atoms with van der Waals surface area (Å²) in [6.45, 7) is -0.614. The normalized spacial score (nSPS) is 10.9. The first-order valence-electron chi connectivity index (χ1n) is 4.51. The number of anilines is 1. The lowest BCUT2D eigenvalue weighted by Gasteiger charge is -2.14. The minimum absolute atomic E-state index is 0.00833. The van der Waals surface area contributed by atoms with E-state index in [1.807, 2.05) is 0 Å². The van der Waals surface area contributed by atoms with Crippen LogP contribution in [0, 0.1) is 4.77 Å². The molecule has 0 aromatic carbocycles. The van der Waals surface area contributed by atoms with Crippen molar-refractivity contribution in [3.63, 3.8) is 0 Å². The quantitative estimate of drug-likeness (QED) is 0.487. The third kappa shape index (κ3) is 3.14. The molecule has 0 atom stereocenters. The molecule has 0 radical (unpaired) electrons. The predicted octanol–water partition coefficient (Wildman–Crippen LogP) is -1.18. The smallest absolute Gasteiger partial charge is 0.274 e. The van der Waals surface area contributed by atoms with E-state index in [9.17, 15) is 4.79 Å². The number of aromatic nitrogens is 2. The van der Waals surface area contributed by atoms with E-state index in [1.54, 1.807) is 0 Å². The molecule has 5 N–H and O–H groups in total. The maximum absolute atomic E-state index is 11.1. The lowest BCUT2D eigenvalue weighted by molar-refractivity contribution is -0.0506. The zero-order valence-electron chi connectivity index (χ0n) is 8.42. The van der Waals surface area contributed by atoms with Crippen LogP contribution in [0.5, 0.6) is 0 Å². The van der Waals surface area contributed by atoms with Crippen molar-refractivity contribution in [3.05, 3.63) is 21.3 Å². The van der Waals surface area contributed by atoms with Crippen LogP contribution >= 0.6 is 12.2 Å². The fourth-order valence-electron chi connectivity index (χ4n) is 0.971. The number of nitrogen functional groups attached to an aromatic ring is 1. The number of rotatable bonds is 5. The summed E-state index contributed by atoms with van der Waals surface area (Å²) >= 11 is 4.87. The molecular weight excluding hydrogens is 234 g/mol. The van der Waals surface area contributed by atoms with Gasteiger partial charge in [-0.05, 0) is 12.2 Å². The Morgan fingerprint density at radius 3 is 2.75 bits per heavy atom. The van der Waals surface area contributed by atoms with Gasteiger partial charge < -0.3 is 20.7 Å². The second-order valence-electron chi connectivity index (χ2n) is 3.10. The zero-order chi connectivity index (χ0) is 12.1. The highest BCUT2D eigenvalue weighted by atomic mass is 32.1. The van der Waals surface area contributed by atoms with E-state index in [0.29, 0.717) is 0 Å². The minimum atomic E-state index is -0.685. The molecule has 1 rings (SSSR count). The summed E-state index contributed by atoms with van der Waals surface area (Å²) in [5, 5.41) is 17.5. The highest BCUT2D eigenvalue weighted by Gasteiger charge is 2.06. The largest absolute Gasteiger partial charge is 0.394 e. The molecule has 1 heterocycles. The molecule has 0 bridgehead atoms. The number of hydrogen-bond donors (Lipinski definition) is 4. The van der Waals surface area contributed by atoms with Gasteiger partial charge in [0, 0.05) is 6.20 Å². The van der Waals surface area contributed by atoms with Gasteiger partial charge >= 0.3 is 0 Å². The van der Waals surface area contributed by atoms with Crippen LogP contribution in [0.15, 0.2) is 11.0 Å². The lowest BCUT2D eigenvalue weighted by Crippen LogP contribution is -2.25. The van der Waals surface area contributed by atoms with E-state index < -0.39 is 11.7 Å². The standard InChI is InChI=1S/C8H13N3O4S/c9-6-1-11(8(16)10-7(6)14)4-15-5(2-12)3-13/h1,5,12-13H,2-4,9H2,(H,10,14,16). The number of hydrogen-bond acceptors (Lipinski definition) is 6. The van der Waals surface area contributed by atoms with Crippen molar-refractivity contribution in [2.24, 2.45) is 0 Å². The molecule has 0 aliphatic rings. The number of H-pyrrole nitrogens is 1. The third-order valence-electron chi connectivity index (χ3n) is 1.90. The van der Waals surface area contributed by atoms with Crippen molar-refractivity contribution in [1.29, 1.82) is 0 Å². The van der Waals surface area contributed by atoms with Crippen molar-refractivity contribution in [2.45, 2.75) is 12.8 Å². The Morgan fingerprint density at radius 2 is 2.19 bits per heavy atom. The van der Waals surface area contributed by atoms with Gasteiger partial charge in [0.1, 0.15) is 18.5 Å². The third-order valence-corrected chi connectivity index (χ3v) is 2.23. The van der Waals surface area contributed by atoms with E-state index in [2.05, 4.69) is 4.98 Å². The number of aliphatic hydroxyl groups excluding tert-OH is 2. The Kier molecular flexibility index (Phi) is 4.62. The number of aromatic amines is 1. The molecule has 90 valence electrons. The molecule has 1 aromatic rings. The number of ether oxygens (including phenoxy) is 1. The molecule has 1 aromatic heterocycles. The van der Waals surface area contributed by atoms with E-state index in [0.717, 1.165) is 0 Å². The van der Waals surface area contributed by atoms with Crippen molar-refractivity contribution in [3.8, 4) is 0 Å². The molecule has 0 amide bonds. The highest BCUT2D eigenvalue weighted by Crippen LogP contribution is 1.97. The Hall–Kier alpha value is -1.22. The molecule has 16 heavy (non-hydrogen) atoms. The lowest BCUT2D eigenvalue weighted by atomic mass is 10.4. The van der Waals surface area contributed by atoms with Crippen molar-refractivity contribution in [2.75, 3.05) is 18.9 Å². The van der Waals surface area contributed by atoms with Crippen molar-refractivity contribution in [1.82, 2.24) is 9.55 Å². The van der Waals surface area contributed by atoms with Crippen molar-refractivity contribution >= 4 is 17.9 Å². The zero-order valence-corrected chi connectivity index (χ0v) is 9.24. The van der Waals surface area contributed by atoms with Gasteiger partial charge in [0.05, 0.1) is 13.2 Å². The molecule has 0 aliphatic carbocycles. The van der Waals surface area contributed by atoms with Gasteiger partial charge in [-0.15, -0.1) is 0 Å². The van der Waals surface area contributed by atoms with Crippen LogP contribution in [-0.2, 0) is 11.5 Å². The second kappa shape index (κ2) is 5.75. The van der Waals surface area contributed by atoms with Gasteiger partial charge in [0.2, 0.25) is 0 Å². The molecular formula is C8H13N3O4S. The van der Waals surface area contributed by atoms with Gasteiger partial charge in [-0.2, -0.15) is 0 Å². The Balaban J connectivity index is 2.78. The summed E-state index contributed by atoms with van der Waals surface area (Å²) in [6.07, 6.45) is 0.655. The average molecular weight is 247 g/mol. The first kappa shape index (κ1) is 12.8. The molecule has 0 spiro atoms. The Labute approximate surface area is 96.1 Å². The fourth-order valence-corrected chi connectivity index (χ4v) is 1.17. The topological polar surface area (TPSA) is 114 Å². The molecule has 0 saturated carbocycles. The van der Waals surface area contributed by atoms with Gasteiger partial charge in [0.25, 0.3) is 5.56 Å². The van der Waals surface area contributed by atoms with Gasteiger partial charge in [0.15, 0.2) is 4.77 Å². The van der Waals surface area contributed by atoms with Gasteiger partial charge in [-0.3, -0.25) is 14.3 Å². The SMILES string of the molecule is Nc1cn(COC(CO)CO)c(=S)[nH]c1=O. The minimum Gasteiger partial charge on any atom is -0.394 e. The van der Waals surface area contributed by atoms with Crippen LogP contribution in [0.2, 0.25) is 0 Å². The summed E-state index contributed by atoms with van der Waals surface area (Å²) in [4.78, 5) is 13.4. The number of nitrogens with zero attached hydrogens (tertiary/aromatic N) is 1. The van der Waals surface area contributed by atoms with Crippen LogP contribution in [0.1, 0.15) is 0 Å². The molecule has 7 nitrogen and oxygen atoms in total. The van der Waals surface area contributed by atoms with Gasteiger partial charge in [-0.25, -0.2) is 0 Å². The predicted molar refractivity (Wildman–Crippen MR) is 59.3 cm³/mol. The van der Waals surface area contributed by atoms with E-state index >= 15 is 0 Å². The highest BCUT2D eigenvalue weighted by molar-refractivity contribution is 7.71. The molecule has 0 aliphatic heterocycles.